The highest BCUT2D eigenvalue weighted by molar-refractivity contribution is 7.91. The van der Waals surface area contributed by atoms with Crippen molar-refractivity contribution < 1.29 is 13.2 Å². The lowest BCUT2D eigenvalue weighted by molar-refractivity contribution is 0.102. The van der Waals surface area contributed by atoms with Gasteiger partial charge in [-0.2, -0.15) is 4.31 Å². The molecule has 1 amide bonds. The number of thiophene rings is 1. The molecule has 11 heteroatoms. The van der Waals surface area contributed by atoms with Gasteiger partial charge in [0.05, 0.1) is 0 Å². The lowest BCUT2D eigenvalue weighted by atomic mass is 9.99. The van der Waals surface area contributed by atoms with E-state index in [4.69, 9.17) is 11.6 Å². The Kier molecular flexibility index (Phi) is 5.98. The number of halogens is 1. The van der Waals surface area contributed by atoms with E-state index in [1.54, 1.807) is 41.8 Å². The zero-order valence-electron chi connectivity index (χ0n) is 15.1. The second-order valence-electron chi connectivity index (χ2n) is 6.52. The summed E-state index contributed by atoms with van der Waals surface area (Å²) in [7, 11) is -3.43. The van der Waals surface area contributed by atoms with E-state index in [0.717, 1.165) is 5.01 Å². The number of hydrogen-bond donors (Lipinski definition) is 1. The molecule has 0 radical (unpaired) electrons. The number of carbonyl (C=O) groups excluding carboxylic acids is 1. The van der Waals surface area contributed by atoms with E-state index in [1.165, 1.54) is 27.0 Å². The van der Waals surface area contributed by atoms with Crippen LogP contribution >= 0.6 is 34.3 Å². The van der Waals surface area contributed by atoms with Crippen molar-refractivity contribution in [1.29, 1.82) is 0 Å². The third kappa shape index (κ3) is 4.51. The molecule has 0 bridgehead atoms. The van der Waals surface area contributed by atoms with Gasteiger partial charge >= 0.3 is 0 Å². The average molecular weight is 469 g/mol. The molecule has 152 valence electrons. The van der Waals surface area contributed by atoms with Gasteiger partial charge in [0.15, 0.2) is 0 Å². The molecule has 4 rings (SSSR count). The van der Waals surface area contributed by atoms with Gasteiger partial charge in [0.2, 0.25) is 5.01 Å². The van der Waals surface area contributed by atoms with Gasteiger partial charge in [-0.05, 0) is 42.5 Å². The van der Waals surface area contributed by atoms with Crippen LogP contribution in [-0.2, 0) is 10.0 Å². The minimum Gasteiger partial charge on any atom is -0.320 e. The smallest absolute Gasteiger partial charge is 0.286 e. The molecule has 1 aliphatic rings. The summed E-state index contributed by atoms with van der Waals surface area (Å²) in [5.74, 6) is -0.247. The Bertz CT molecular complexity index is 1110. The maximum atomic E-state index is 12.6. The van der Waals surface area contributed by atoms with E-state index in [0.29, 0.717) is 40.9 Å². The molecule has 1 aliphatic heterocycles. The second kappa shape index (κ2) is 8.49. The van der Waals surface area contributed by atoms with E-state index in [1.807, 2.05) is 0 Å². The molecule has 1 saturated heterocycles. The Morgan fingerprint density at radius 3 is 2.66 bits per heavy atom. The zero-order chi connectivity index (χ0) is 20.4. The Morgan fingerprint density at radius 1 is 1.17 bits per heavy atom. The topological polar surface area (TPSA) is 92.3 Å². The molecule has 0 atom stereocenters. The van der Waals surface area contributed by atoms with E-state index in [2.05, 4.69) is 15.5 Å². The number of hydrogen-bond acceptors (Lipinski definition) is 7. The summed E-state index contributed by atoms with van der Waals surface area (Å²) in [6.07, 6.45) is 1.30. The summed E-state index contributed by atoms with van der Waals surface area (Å²) in [6.45, 7) is 0.850. The predicted molar refractivity (Wildman–Crippen MR) is 114 cm³/mol. The summed E-state index contributed by atoms with van der Waals surface area (Å²) in [5, 5.41) is 14.3. The molecule has 3 aromatic rings. The summed E-state index contributed by atoms with van der Waals surface area (Å²) in [5.41, 5.74) is 0.589. The van der Waals surface area contributed by atoms with E-state index in [-0.39, 0.29) is 16.8 Å². The molecule has 0 aliphatic carbocycles. The van der Waals surface area contributed by atoms with Crippen molar-refractivity contribution in [3.05, 3.63) is 56.8 Å². The normalized spacial score (nSPS) is 16.0. The molecule has 0 unspecified atom stereocenters. The molecule has 2 aromatic heterocycles. The van der Waals surface area contributed by atoms with Gasteiger partial charge in [0, 0.05) is 29.7 Å². The van der Waals surface area contributed by atoms with Gasteiger partial charge in [-0.1, -0.05) is 35.1 Å². The highest BCUT2D eigenvalue weighted by Gasteiger charge is 2.32. The first kappa shape index (κ1) is 20.4. The lowest BCUT2D eigenvalue weighted by Gasteiger charge is -2.29. The van der Waals surface area contributed by atoms with Gasteiger partial charge in [-0.3, -0.25) is 4.79 Å². The number of benzene rings is 1. The number of amides is 1. The highest BCUT2D eigenvalue weighted by Crippen LogP contribution is 2.33. The van der Waals surface area contributed by atoms with Gasteiger partial charge in [-0.15, -0.1) is 21.5 Å². The van der Waals surface area contributed by atoms with Crippen LogP contribution in [0.4, 0.5) is 5.69 Å². The number of piperidine rings is 1. The van der Waals surface area contributed by atoms with E-state index < -0.39 is 10.0 Å². The standard InChI is InChI=1S/C18H17ClN4O3S3/c19-13-3-1-4-14(11-13)20-16(24)18-22-21-17(28-18)12-6-8-23(9-7-12)29(25,26)15-5-2-10-27-15/h1-5,10-12H,6-9H2,(H,20,24). The van der Waals surface area contributed by atoms with Gasteiger partial charge in [0.1, 0.15) is 9.22 Å². The van der Waals surface area contributed by atoms with Crippen LogP contribution in [0.3, 0.4) is 0 Å². The van der Waals surface area contributed by atoms with Crippen LogP contribution in [0, 0.1) is 0 Å². The number of nitrogens with zero attached hydrogens (tertiary/aromatic N) is 3. The van der Waals surface area contributed by atoms with Crippen LogP contribution in [0.25, 0.3) is 0 Å². The number of carbonyl (C=O) groups is 1. The van der Waals surface area contributed by atoms with E-state index >= 15 is 0 Å². The van der Waals surface area contributed by atoms with Crippen LogP contribution in [0.2, 0.25) is 5.02 Å². The Hall–Kier alpha value is -1.85. The molecule has 0 saturated carbocycles. The molecule has 3 heterocycles. The van der Waals surface area contributed by atoms with E-state index in [9.17, 15) is 13.2 Å². The minimum atomic E-state index is -3.43. The van der Waals surface area contributed by atoms with Crippen LogP contribution < -0.4 is 5.32 Å². The fraction of sp³-hybridized carbons (Fsp3) is 0.278. The molecule has 1 fully saturated rings. The lowest BCUT2D eigenvalue weighted by Crippen LogP contribution is -2.37. The maximum Gasteiger partial charge on any atom is 0.286 e. The van der Waals surface area contributed by atoms with Gasteiger partial charge < -0.3 is 5.32 Å². The summed E-state index contributed by atoms with van der Waals surface area (Å²) in [6, 6.07) is 10.2. The van der Waals surface area contributed by atoms with Crippen molar-refractivity contribution in [2.24, 2.45) is 0 Å². The van der Waals surface area contributed by atoms with Gasteiger partial charge in [0.25, 0.3) is 15.9 Å². The number of nitrogens with one attached hydrogen (secondary N) is 1. The molecular formula is C18H17ClN4O3S3. The van der Waals surface area contributed by atoms with Crippen LogP contribution in [0.5, 0.6) is 0 Å². The number of sulfonamides is 1. The summed E-state index contributed by atoms with van der Waals surface area (Å²) >= 11 is 8.40. The Labute approximate surface area is 181 Å². The van der Waals surface area contributed by atoms with Crippen molar-refractivity contribution >= 4 is 55.9 Å². The second-order valence-corrected chi connectivity index (χ2v) is 11.1. The van der Waals surface area contributed by atoms with Crippen molar-refractivity contribution in [3.8, 4) is 0 Å². The monoisotopic (exact) mass is 468 g/mol. The Balaban J connectivity index is 1.39. The first-order chi connectivity index (χ1) is 13.9. The summed E-state index contributed by atoms with van der Waals surface area (Å²) in [4.78, 5) is 12.4. The molecule has 1 aromatic carbocycles. The fourth-order valence-corrected chi connectivity index (χ4v) is 6.83. The molecule has 29 heavy (non-hydrogen) atoms. The third-order valence-electron chi connectivity index (χ3n) is 4.61. The van der Waals surface area contributed by atoms with Crippen molar-refractivity contribution in [2.45, 2.75) is 23.0 Å². The third-order valence-corrected chi connectivity index (χ3v) is 9.20. The number of rotatable bonds is 5. The quantitative estimate of drug-likeness (QED) is 0.609. The van der Waals surface area contributed by atoms with Crippen LogP contribution in [0.15, 0.2) is 46.0 Å². The predicted octanol–water partition coefficient (Wildman–Crippen LogP) is 4.07. The zero-order valence-corrected chi connectivity index (χ0v) is 18.3. The molecule has 7 nitrogen and oxygen atoms in total. The van der Waals surface area contributed by atoms with Crippen molar-refractivity contribution in [1.82, 2.24) is 14.5 Å². The first-order valence-electron chi connectivity index (χ1n) is 8.87. The minimum absolute atomic E-state index is 0.0926. The fourth-order valence-electron chi connectivity index (χ4n) is 3.12. The highest BCUT2D eigenvalue weighted by atomic mass is 35.5. The van der Waals surface area contributed by atoms with Crippen molar-refractivity contribution in [3.63, 3.8) is 0 Å². The van der Waals surface area contributed by atoms with Crippen molar-refractivity contribution in [2.75, 3.05) is 18.4 Å². The average Bonchev–Trinajstić information content (AvgIpc) is 3.41. The first-order valence-corrected chi connectivity index (χ1v) is 12.4. The SMILES string of the molecule is O=C(Nc1cccc(Cl)c1)c1nnc(C2CCN(S(=O)(=O)c3cccs3)CC2)s1. The summed E-state index contributed by atoms with van der Waals surface area (Å²) < 4.78 is 27.1. The van der Waals surface area contributed by atoms with Crippen LogP contribution in [-0.4, -0.2) is 41.9 Å². The number of anilines is 1. The number of aromatic nitrogens is 2. The molecule has 0 spiro atoms. The Morgan fingerprint density at radius 2 is 1.97 bits per heavy atom. The molecule has 1 N–H and O–H groups in total. The molecular weight excluding hydrogens is 452 g/mol. The van der Waals surface area contributed by atoms with Crippen LogP contribution in [0.1, 0.15) is 33.6 Å². The van der Waals surface area contributed by atoms with Gasteiger partial charge in [-0.25, -0.2) is 8.42 Å². The largest absolute Gasteiger partial charge is 0.320 e. The maximum absolute atomic E-state index is 12.6.